The van der Waals surface area contributed by atoms with E-state index in [0.29, 0.717) is 6.61 Å². The fourth-order valence-electron chi connectivity index (χ4n) is 3.36. The summed E-state index contributed by atoms with van der Waals surface area (Å²) in [7, 11) is 2.99. The first-order valence-electron chi connectivity index (χ1n) is 5.40. The van der Waals surface area contributed by atoms with Crippen LogP contribution in [0.5, 0.6) is 0 Å². The summed E-state index contributed by atoms with van der Waals surface area (Å²) in [6.07, 6.45) is 4.98. The zero-order valence-corrected chi connectivity index (χ0v) is 9.38. The van der Waals surface area contributed by atoms with E-state index in [4.69, 9.17) is 9.62 Å². The number of hydrogen-bond acceptors (Lipinski definition) is 4. The van der Waals surface area contributed by atoms with E-state index in [1.54, 1.807) is 0 Å². The molecule has 3 rings (SSSR count). The van der Waals surface area contributed by atoms with E-state index in [2.05, 4.69) is 4.89 Å². The first-order chi connectivity index (χ1) is 7.16. The van der Waals surface area contributed by atoms with E-state index < -0.39 is 0 Å². The minimum atomic E-state index is -0.204. The van der Waals surface area contributed by atoms with Crippen molar-refractivity contribution in [1.82, 2.24) is 0 Å². The Labute approximate surface area is 89.8 Å². The Morgan fingerprint density at radius 3 is 2.60 bits per heavy atom. The second-order valence-corrected chi connectivity index (χ2v) is 4.91. The summed E-state index contributed by atoms with van der Waals surface area (Å²) in [6.45, 7) is 0.599. The van der Waals surface area contributed by atoms with Gasteiger partial charge in [-0.05, 0) is 31.1 Å². The number of methoxy groups -OCH3 is 1. The van der Waals surface area contributed by atoms with E-state index in [9.17, 15) is 4.79 Å². The fourth-order valence-corrected chi connectivity index (χ4v) is 3.36. The van der Waals surface area contributed by atoms with Crippen LogP contribution in [0.1, 0.15) is 32.1 Å². The molecule has 0 aromatic rings. The molecule has 0 aliphatic heterocycles. The molecule has 0 spiro atoms. The molecule has 0 atom stereocenters. The van der Waals surface area contributed by atoms with Crippen molar-refractivity contribution in [3.05, 3.63) is 0 Å². The minimum Gasteiger partial charge on any atom is -0.469 e. The van der Waals surface area contributed by atoms with Crippen molar-refractivity contribution in [3.8, 4) is 0 Å². The highest BCUT2D eigenvalue weighted by molar-refractivity contribution is 5.78. The van der Waals surface area contributed by atoms with Crippen molar-refractivity contribution < 1.29 is 19.3 Å². The maximum atomic E-state index is 11.6. The molecule has 2 bridgehead atoms. The van der Waals surface area contributed by atoms with Crippen molar-refractivity contribution in [2.45, 2.75) is 32.1 Å². The highest BCUT2D eigenvalue weighted by Gasteiger charge is 2.61. The van der Waals surface area contributed by atoms with Gasteiger partial charge in [-0.25, -0.2) is 9.78 Å². The molecule has 0 aromatic carbocycles. The minimum absolute atomic E-state index is 0.0461. The summed E-state index contributed by atoms with van der Waals surface area (Å²) < 4.78 is 4.87. The Kier molecular flexibility index (Phi) is 2.73. The third kappa shape index (κ3) is 1.66. The Morgan fingerprint density at radius 1 is 1.27 bits per heavy atom. The van der Waals surface area contributed by atoms with Crippen molar-refractivity contribution in [3.63, 3.8) is 0 Å². The monoisotopic (exact) mass is 214 g/mol. The van der Waals surface area contributed by atoms with Crippen LogP contribution in [0.25, 0.3) is 0 Å². The van der Waals surface area contributed by atoms with Gasteiger partial charge in [0.15, 0.2) is 0 Å². The number of hydrogen-bond donors (Lipinski definition) is 0. The first kappa shape index (κ1) is 10.9. The molecule has 4 heteroatoms. The number of ether oxygens (including phenoxy) is 1. The van der Waals surface area contributed by atoms with E-state index in [0.717, 1.165) is 32.1 Å². The zero-order valence-electron chi connectivity index (χ0n) is 9.38. The van der Waals surface area contributed by atoms with Crippen LogP contribution in [0, 0.1) is 10.8 Å². The van der Waals surface area contributed by atoms with Crippen molar-refractivity contribution in [2.75, 3.05) is 20.8 Å². The summed E-state index contributed by atoms with van der Waals surface area (Å²) in [5, 5.41) is 0. The molecule has 0 radical (unpaired) electrons. The Morgan fingerprint density at radius 2 is 2.00 bits per heavy atom. The Hall–Kier alpha value is -0.610. The summed E-state index contributed by atoms with van der Waals surface area (Å²) in [6, 6.07) is 0. The van der Waals surface area contributed by atoms with Gasteiger partial charge in [0.2, 0.25) is 0 Å². The smallest absolute Gasteiger partial charge is 0.311 e. The first-order valence-corrected chi connectivity index (χ1v) is 5.40. The molecule has 86 valence electrons. The third-order valence-electron chi connectivity index (χ3n) is 3.89. The lowest BCUT2D eigenvalue weighted by molar-refractivity contribution is -0.308. The highest BCUT2D eigenvalue weighted by atomic mass is 17.2. The topological polar surface area (TPSA) is 44.8 Å². The zero-order chi connectivity index (χ0) is 10.9. The maximum absolute atomic E-state index is 11.6. The second kappa shape index (κ2) is 3.76. The SMILES string of the molecule is COOCC12CCCC(C(=O)OC)(C1)C2. The van der Waals surface area contributed by atoms with Gasteiger partial charge in [-0.1, -0.05) is 6.42 Å². The van der Waals surface area contributed by atoms with Crippen molar-refractivity contribution >= 4 is 5.97 Å². The molecule has 0 heterocycles. The molecular formula is C11H18O4. The summed E-state index contributed by atoms with van der Waals surface area (Å²) in [5.41, 5.74) is -0.0352. The van der Waals surface area contributed by atoms with Crippen molar-refractivity contribution in [1.29, 1.82) is 0 Å². The molecule has 3 saturated carbocycles. The van der Waals surface area contributed by atoms with Crippen LogP contribution in [-0.4, -0.2) is 26.8 Å². The molecule has 15 heavy (non-hydrogen) atoms. The van der Waals surface area contributed by atoms with Gasteiger partial charge in [-0.3, -0.25) is 4.79 Å². The van der Waals surface area contributed by atoms with Gasteiger partial charge in [-0.2, -0.15) is 0 Å². The van der Waals surface area contributed by atoms with Crippen LogP contribution in [-0.2, 0) is 19.3 Å². The molecule has 0 N–H and O–H groups in total. The number of fused-ring (bicyclic) bond motifs is 2. The van der Waals surface area contributed by atoms with Gasteiger partial charge in [-0.15, -0.1) is 0 Å². The third-order valence-corrected chi connectivity index (χ3v) is 3.89. The van der Waals surface area contributed by atoms with Crippen LogP contribution in [0.3, 0.4) is 0 Å². The largest absolute Gasteiger partial charge is 0.469 e. The van der Waals surface area contributed by atoms with Gasteiger partial charge in [0.1, 0.15) is 0 Å². The second-order valence-electron chi connectivity index (χ2n) is 4.91. The maximum Gasteiger partial charge on any atom is 0.311 e. The average molecular weight is 214 g/mol. The number of carbonyl (C=O) groups excluding carboxylic acids is 1. The number of carbonyl (C=O) groups is 1. The Bertz CT molecular complexity index is 255. The van der Waals surface area contributed by atoms with Crippen LogP contribution in [0.15, 0.2) is 0 Å². The lowest BCUT2D eigenvalue weighted by Gasteiger charge is -2.58. The van der Waals surface area contributed by atoms with Gasteiger partial charge >= 0.3 is 5.97 Å². The van der Waals surface area contributed by atoms with Crippen LogP contribution >= 0.6 is 0 Å². The summed E-state index contributed by atoms with van der Waals surface area (Å²) in [5.74, 6) is -0.0461. The Balaban J connectivity index is 1.98. The van der Waals surface area contributed by atoms with Gasteiger partial charge < -0.3 is 4.74 Å². The average Bonchev–Trinajstić information content (AvgIpc) is 2.24. The standard InChI is InChI=1S/C11H18O4/c1-13-9(12)11-5-3-4-10(6-11,7-11)8-15-14-2/h3-8H2,1-2H3. The highest BCUT2D eigenvalue weighted by Crippen LogP contribution is 2.64. The fraction of sp³-hybridized carbons (Fsp3) is 0.909. The number of esters is 1. The van der Waals surface area contributed by atoms with E-state index in [1.807, 2.05) is 0 Å². The lowest BCUT2D eigenvalue weighted by atomic mass is 9.46. The summed E-state index contributed by atoms with van der Waals surface area (Å²) >= 11 is 0. The molecular weight excluding hydrogens is 196 g/mol. The molecule has 0 saturated heterocycles. The predicted octanol–water partition coefficient (Wildman–Crippen LogP) is 1.69. The van der Waals surface area contributed by atoms with Gasteiger partial charge in [0.05, 0.1) is 26.2 Å². The summed E-state index contributed by atoms with van der Waals surface area (Å²) in [4.78, 5) is 21.3. The molecule has 0 unspecified atom stereocenters. The predicted molar refractivity (Wildman–Crippen MR) is 52.9 cm³/mol. The molecule has 3 aliphatic carbocycles. The van der Waals surface area contributed by atoms with Crippen molar-refractivity contribution in [2.24, 2.45) is 10.8 Å². The normalized spacial score (nSPS) is 38.3. The molecule has 0 aromatic heterocycles. The molecule has 4 nitrogen and oxygen atoms in total. The lowest BCUT2D eigenvalue weighted by Crippen LogP contribution is -2.56. The molecule has 0 amide bonds. The van der Waals surface area contributed by atoms with Crippen LogP contribution in [0.4, 0.5) is 0 Å². The number of rotatable bonds is 4. The molecule has 3 aliphatic rings. The quantitative estimate of drug-likeness (QED) is 0.406. The van der Waals surface area contributed by atoms with Gasteiger partial charge in [0.25, 0.3) is 0 Å². The van der Waals surface area contributed by atoms with Crippen LogP contribution in [0.2, 0.25) is 0 Å². The van der Waals surface area contributed by atoms with Gasteiger partial charge in [0, 0.05) is 0 Å². The van der Waals surface area contributed by atoms with E-state index in [-0.39, 0.29) is 16.8 Å². The van der Waals surface area contributed by atoms with E-state index >= 15 is 0 Å². The molecule has 3 fully saturated rings. The van der Waals surface area contributed by atoms with Crippen LogP contribution < -0.4 is 0 Å². The van der Waals surface area contributed by atoms with E-state index in [1.165, 1.54) is 14.2 Å².